The number of nitrogens with one attached hydrogen (secondary N) is 1. The Labute approximate surface area is 161 Å². The zero-order valence-corrected chi connectivity index (χ0v) is 15.3. The maximum Gasteiger partial charge on any atom is 0.573 e. The van der Waals surface area contributed by atoms with Crippen molar-refractivity contribution in [3.8, 4) is 5.75 Å². The van der Waals surface area contributed by atoms with Crippen LogP contribution in [0.2, 0.25) is 0 Å². The molecule has 0 aromatic heterocycles. The maximum absolute atomic E-state index is 12.2. The Kier molecular flexibility index (Phi) is 5.87. The quantitative estimate of drug-likeness (QED) is 0.602. The number of carbonyl (C=O) groups is 1. The van der Waals surface area contributed by atoms with E-state index in [2.05, 4.69) is 16.1 Å². The molecule has 3 aromatic carbocycles. The predicted octanol–water partition coefficient (Wildman–Crippen LogP) is 5.55. The highest BCUT2D eigenvalue weighted by molar-refractivity contribution is 5.83. The van der Waals surface area contributed by atoms with Gasteiger partial charge in [0.05, 0.1) is 6.04 Å². The van der Waals surface area contributed by atoms with E-state index < -0.39 is 6.36 Å². The van der Waals surface area contributed by atoms with Gasteiger partial charge in [0, 0.05) is 6.42 Å². The number of benzene rings is 3. The van der Waals surface area contributed by atoms with Crippen molar-refractivity contribution in [2.24, 2.45) is 0 Å². The van der Waals surface area contributed by atoms with Crippen LogP contribution in [0.5, 0.6) is 5.75 Å². The molecule has 0 unspecified atom stereocenters. The van der Waals surface area contributed by atoms with E-state index in [0.29, 0.717) is 6.42 Å². The van der Waals surface area contributed by atoms with Gasteiger partial charge in [-0.1, -0.05) is 48.5 Å². The second-order valence-electron chi connectivity index (χ2n) is 6.59. The molecule has 0 aliphatic carbocycles. The molecule has 0 spiro atoms. The van der Waals surface area contributed by atoms with Crippen LogP contribution < -0.4 is 10.1 Å². The molecule has 0 bridgehead atoms. The first-order valence-corrected chi connectivity index (χ1v) is 8.93. The standard InChI is InChI=1S/C22H20F3NO2/c1-15(18-10-9-17-4-2-3-5-19(17)14-18)26-21(27)13-8-16-6-11-20(12-7-16)28-22(23,24)25/h2-7,9-12,14-15H,8,13H2,1H3,(H,26,27)/t15-/m0/s1. The Balaban J connectivity index is 1.53. The van der Waals surface area contributed by atoms with Crippen molar-refractivity contribution in [2.75, 3.05) is 0 Å². The number of fused-ring (bicyclic) bond motifs is 1. The van der Waals surface area contributed by atoms with Crippen molar-refractivity contribution in [3.63, 3.8) is 0 Å². The van der Waals surface area contributed by atoms with E-state index >= 15 is 0 Å². The summed E-state index contributed by atoms with van der Waals surface area (Å²) >= 11 is 0. The highest BCUT2D eigenvalue weighted by atomic mass is 19.4. The van der Waals surface area contributed by atoms with Crippen molar-refractivity contribution in [3.05, 3.63) is 77.9 Å². The summed E-state index contributed by atoms with van der Waals surface area (Å²) in [7, 11) is 0. The van der Waals surface area contributed by atoms with Gasteiger partial charge >= 0.3 is 6.36 Å². The van der Waals surface area contributed by atoms with Crippen molar-refractivity contribution >= 4 is 16.7 Å². The van der Waals surface area contributed by atoms with Crippen LogP contribution in [0.4, 0.5) is 13.2 Å². The fourth-order valence-corrected chi connectivity index (χ4v) is 2.99. The summed E-state index contributed by atoms with van der Waals surface area (Å²) in [4.78, 5) is 12.2. The van der Waals surface area contributed by atoms with Crippen molar-refractivity contribution in [1.29, 1.82) is 0 Å². The number of ether oxygens (including phenoxy) is 1. The van der Waals surface area contributed by atoms with Crippen LogP contribution in [0.15, 0.2) is 66.7 Å². The van der Waals surface area contributed by atoms with E-state index in [4.69, 9.17) is 0 Å². The summed E-state index contributed by atoms with van der Waals surface area (Å²) in [6.07, 6.45) is -4.03. The van der Waals surface area contributed by atoms with Crippen LogP contribution in [0.25, 0.3) is 10.8 Å². The smallest absolute Gasteiger partial charge is 0.406 e. The average molecular weight is 387 g/mol. The first kappa shape index (κ1) is 19.7. The van der Waals surface area contributed by atoms with E-state index in [-0.39, 0.29) is 24.1 Å². The van der Waals surface area contributed by atoms with Gasteiger partial charge in [-0.3, -0.25) is 4.79 Å². The summed E-state index contributed by atoms with van der Waals surface area (Å²) < 4.78 is 40.3. The van der Waals surface area contributed by atoms with Gasteiger partial charge in [0.15, 0.2) is 0 Å². The number of hydrogen-bond donors (Lipinski definition) is 1. The van der Waals surface area contributed by atoms with Gasteiger partial charge in [-0.25, -0.2) is 0 Å². The van der Waals surface area contributed by atoms with Gasteiger partial charge in [0.1, 0.15) is 5.75 Å². The Morgan fingerprint density at radius 1 is 1.00 bits per heavy atom. The molecule has 0 aliphatic rings. The minimum atomic E-state index is -4.71. The first-order valence-electron chi connectivity index (χ1n) is 8.93. The summed E-state index contributed by atoms with van der Waals surface area (Å²) in [6.45, 7) is 1.92. The van der Waals surface area contributed by atoms with Gasteiger partial charge < -0.3 is 10.1 Å². The second kappa shape index (κ2) is 8.33. The highest BCUT2D eigenvalue weighted by Gasteiger charge is 2.30. The summed E-state index contributed by atoms with van der Waals surface area (Å²) in [5, 5.41) is 5.22. The molecule has 3 nitrogen and oxygen atoms in total. The lowest BCUT2D eigenvalue weighted by Crippen LogP contribution is -2.26. The van der Waals surface area contributed by atoms with Crippen LogP contribution in [0.3, 0.4) is 0 Å². The molecule has 1 amide bonds. The van der Waals surface area contributed by atoms with Crippen molar-refractivity contribution in [2.45, 2.75) is 32.2 Å². The van der Waals surface area contributed by atoms with Crippen LogP contribution in [-0.2, 0) is 11.2 Å². The third-order valence-electron chi connectivity index (χ3n) is 4.45. The number of amides is 1. The molecular weight excluding hydrogens is 367 g/mol. The minimum Gasteiger partial charge on any atom is -0.406 e. The molecule has 146 valence electrons. The molecule has 0 heterocycles. The molecule has 0 aliphatic heterocycles. The van der Waals surface area contributed by atoms with Gasteiger partial charge in [-0.05, 0) is 53.4 Å². The summed E-state index contributed by atoms with van der Waals surface area (Å²) in [5.41, 5.74) is 1.78. The maximum atomic E-state index is 12.2. The number of carbonyl (C=O) groups excluding carboxylic acids is 1. The molecule has 0 saturated carbocycles. The van der Waals surface area contributed by atoms with Gasteiger partial charge in [0.2, 0.25) is 5.91 Å². The lowest BCUT2D eigenvalue weighted by atomic mass is 10.0. The van der Waals surface area contributed by atoms with Gasteiger partial charge in [-0.15, -0.1) is 13.2 Å². The number of hydrogen-bond acceptors (Lipinski definition) is 2. The Bertz CT molecular complexity index is 952. The first-order chi connectivity index (χ1) is 13.3. The second-order valence-corrected chi connectivity index (χ2v) is 6.59. The molecular formula is C22H20F3NO2. The third-order valence-corrected chi connectivity index (χ3v) is 4.45. The SMILES string of the molecule is C[C@H](NC(=O)CCc1ccc(OC(F)(F)F)cc1)c1ccc2ccccc2c1. The van der Waals surface area contributed by atoms with E-state index in [1.165, 1.54) is 24.3 Å². The number of rotatable bonds is 6. The van der Waals surface area contributed by atoms with Crippen molar-refractivity contribution < 1.29 is 22.7 Å². The topological polar surface area (TPSA) is 38.3 Å². The zero-order chi connectivity index (χ0) is 20.1. The third kappa shape index (κ3) is 5.49. The summed E-state index contributed by atoms with van der Waals surface area (Å²) in [6, 6.07) is 19.5. The predicted molar refractivity (Wildman–Crippen MR) is 102 cm³/mol. The largest absolute Gasteiger partial charge is 0.573 e. The molecule has 28 heavy (non-hydrogen) atoms. The molecule has 0 radical (unpaired) electrons. The molecule has 3 rings (SSSR count). The molecule has 6 heteroatoms. The van der Waals surface area contributed by atoms with Crippen LogP contribution in [-0.4, -0.2) is 12.3 Å². The highest BCUT2D eigenvalue weighted by Crippen LogP contribution is 2.23. The number of alkyl halides is 3. The minimum absolute atomic E-state index is 0.115. The van der Waals surface area contributed by atoms with E-state index in [9.17, 15) is 18.0 Å². The van der Waals surface area contributed by atoms with E-state index in [0.717, 1.165) is 21.9 Å². The van der Waals surface area contributed by atoms with Crippen LogP contribution >= 0.6 is 0 Å². The molecule has 0 saturated heterocycles. The lowest BCUT2D eigenvalue weighted by molar-refractivity contribution is -0.274. The Morgan fingerprint density at radius 3 is 2.36 bits per heavy atom. The number of aryl methyl sites for hydroxylation is 1. The fraction of sp³-hybridized carbons (Fsp3) is 0.227. The fourth-order valence-electron chi connectivity index (χ4n) is 2.99. The van der Waals surface area contributed by atoms with Crippen molar-refractivity contribution in [1.82, 2.24) is 5.32 Å². The molecule has 1 atom stereocenters. The Hall–Kier alpha value is -3.02. The Morgan fingerprint density at radius 2 is 1.68 bits per heavy atom. The number of halogens is 3. The summed E-state index contributed by atoms with van der Waals surface area (Å²) in [5.74, 6) is -0.387. The van der Waals surface area contributed by atoms with E-state index in [1.54, 1.807) is 0 Å². The van der Waals surface area contributed by atoms with Gasteiger partial charge in [-0.2, -0.15) is 0 Å². The van der Waals surface area contributed by atoms with Gasteiger partial charge in [0.25, 0.3) is 0 Å². The van der Waals surface area contributed by atoms with Crippen LogP contribution in [0, 0.1) is 0 Å². The normalized spacial score (nSPS) is 12.6. The average Bonchev–Trinajstić information content (AvgIpc) is 2.66. The lowest BCUT2D eigenvalue weighted by Gasteiger charge is -2.15. The van der Waals surface area contributed by atoms with Crippen LogP contribution in [0.1, 0.15) is 30.5 Å². The molecule has 3 aromatic rings. The molecule has 0 fully saturated rings. The monoisotopic (exact) mass is 387 g/mol. The van der Waals surface area contributed by atoms with E-state index in [1.807, 2.05) is 43.3 Å². The molecule has 1 N–H and O–H groups in total. The zero-order valence-electron chi connectivity index (χ0n) is 15.3.